The van der Waals surface area contributed by atoms with Gasteiger partial charge in [-0.15, -0.1) is 0 Å². The van der Waals surface area contributed by atoms with Crippen molar-refractivity contribution in [3.63, 3.8) is 0 Å². The fourth-order valence-electron chi connectivity index (χ4n) is 3.00. The first-order valence-electron chi connectivity index (χ1n) is 9.74. The summed E-state index contributed by atoms with van der Waals surface area (Å²) < 4.78 is 22.0. The van der Waals surface area contributed by atoms with Crippen LogP contribution in [0.1, 0.15) is 5.56 Å². The minimum atomic E-state index is 0.348. The van der Waals surface area contributed by atoms with Gasteiger partial charge in [0.05, 0.1) is 33.7 Å². The summed E-state index contributed by atoms with van der Waals surface area (Å²) in [4.78, 5) is 8.68. The van der Waals surface area contributed by atoms with E-state index >= 15 is 0 Å². The Morgan fingerprint density at radius 3 is 2.19 bits per heavy atom. The molecule has 0 fully saturated rings. The Labute approximate surface area is 187 Å². The fourth-order valence-corrected chi connectivity index (χ4v) is 3.00. The van der Waals surface area contributed by atoms with Gasteiger partial charge >= 0.3 is 0 Å². The maximum atomic E-state index is 5.86. The van der Waals surface area contributed by atoms with Crippen LogP contribution in [0.4, 0.5) is 11.5 Å². The van der Waals surface area contributed by atoms with E-state index in [1.807, 2.05) is 30.3 Å². The van der Waals surface area contributed by atoms with Crippen LogP contribution in [0.2, 0.25) is 0 Å². The molecule has 0 aliphatic heterocycles. The number of hydrogen-bond donors (Lipinski definition) is 1. The molecular weight excluding hydrogens is 406 g/mol. The Balaban J connectivity index is 1.78. The van der Waals surface area contributed by atoms with Crippen LogP contribution in [-0.2, 0) is 0 Å². The maximum Gasteiger partial charge on any atom is 0.239 e. The van der Waals surface area contributed by atoms with Gasteiger partial charge in [-0.2, -0.15) is 4.98 Å². The van der Waals surface area contributed by atoms with Crippen LogP contribution in [-0.4, -0.2) is 31.3 Å². The summed E-state index contributed by atoms with van der Waals surface area (Å²) in [5.41, 5.74) is 2.68. The Bertz CT molecular complexity index is 1100. The van der Waals surface area contributed by atoms with Gasteiger partial charge in [-0.3, -0.25) is 4.98 Å². The van der Waals surface area contributed by atoms with E-state index in [2.05, 4.69) is 28.4 Å². The minimum absolute atomic E-state index is 0.348. The van der Waals surface area contributed by atoms with Crippen LogP contribution >= 0.6 is 0 Å². The van der Waals surface area contributed by atoms with Gasteiger partial charge in [0.25, 0.3) is 0 Å². The first-order chi connectivity index (χ1) is 15.6. The Kier molecular flexibility index (Phi) is 7.48. The van der Waals surface area contributed by atoms with Gasteiger partial charge in [-0.1, -0.05) is 43.5 Å². The summed E-state index contributed by atoms with van der Waals surface area (Å²) in [6.45, 7) is 7.55. The first-order valence-corrected chi connectivity index (χ1v) is 9.74. The monoisotopic (exact) mass is 431 g/mol. The van der Waals surface area contributed by atoms with Gasteiger partial charge in [0.1, 0.15) is 5.75 Å². The highest BCUT2D eigenvalue weighted by atomic mass is 16.5. The Morgan fingerprint density at radius 1 is 0.938 bits per heavy atom. The molecule has 0 saturated heterocycles. The van der Waals surface area contributed by atoms with Crippen LogP contribution < -0.4 is 24.3 Å². The van der Waals surface area contributed by atoms with Crippen molar-refractivity contribution in [2.75, 3.05) is 26.6 Å². The number of nitrogens with zero attached hydrogens (tertiary/aromatic N) is 2. The molecule has 7 heteroatoms. The number of allylic oxidation sites excluding steroid dienone is 4. The molecule has 0 spiro atoms. The molecular formula is C25H25N3O4. The van der Waals surface area contributed by atoms with Gasteiger partial charge in [0.2, 0.25) is 11.6 Å². The van der Waals surface area contributed by atoms with Crippen LogP contribution in [0.25, 0.3) is 5.57 Å². The predicted molar refractivity (Wildman–Crippen MR) is 126 cm³/mol. The van der Waals surface area contributed by atoms with Crippen molar-refractivity contribution in [3.8, 4) is 28.9 Å². The number of benzene rings is 2. The normalized spacial score (nSPS) is 10.8. The zero-order valence-corrected chi connectivity index (χ0v) is 18.3. The van der Waals surface area contributed by atoms with Crippen molar-refractivity contribution in [2.45, 2.75) is 0 Å². The van der Waals surface area contributed by atoms with Crippen molar-refractivity contribution in [1.29, 1.82) is 0 Å². The van der Waals surface area contributed by atoms with Gasteiger partial charge in [0, 0.05) is 17.8 Å². The lowest BCUT2D eigenvalue weighted by atomic mass is 10.1. The largest absolute Gasteiger partial charge is 0.493 e. The number of methoxy groups -OCH3 is 3. The van der Waals surface area contributed by atoms with Crippen molar-refractivity contribution in [2.24, 2.45) is 0 Å². The second-order valence-electron chi connectivity index (χ2n) is 6.47. The fraction of sp³-hybridized carbons (Fsp3) is 0.120. The van der Waals surface area contributed by atoms with Crippen LogP contribution in [0.15, 0.2) is 80.2 Å². The lowest BCUT2D eigenvalue weighted by Crippen LogP contribution is -2.00. The van der Waals surface area contributed by atoms with Crippen molar-refractivity contribution < 1.29 is 18.9 Å². The molecule has 0 radical (unpaired) electrons. The summed E-state index contributed by atoms with van der Waals surface area (Å²) >= 11 is 0. The average Bonchev–Trinajstić information content (AvgIpc) is 2.82. The molecule has 3 aromatic rings. The highest BCUT2D eigenvalue weighted by molar-refractivity contribution is 5.75. The van der Waals surface area contributed by atoms with Crippen LogP contribution in [0.5, 0.6) is 28.9 Å². The standard InChI is InChI=1S/C25H25N3O4/c1-6-8-17(7-2)18-9-11-20(12-10-18)32-24-16-26-15-23(28-24)27-19-13-21(29-3)25(31-5)22(14-19)30-4/h6-16H,1-2H2,3-5H3,(H,27,28)/b17-8+. The lowest BCUT2D eigenvalue weighted by molar-refractivity contribution is 0.324. The van der Waals surface area contributed by atoms with E-state index in [0.717, 1.165) is 11.1 Å². The molecule has 32 heavy (non-hydrogen) atoms. The molecule has 0 bridgehead atoms. The molecule has 0 unspecified atom stereocenters. The summed E-state index contributed by atoms with van der Waals surface area (Å²) in [5.74, 6) is 3.04. The molecule has 0 aliphatic rings. The molecule has 164 valence electrons. The molecule has 3 rings (SSSR count). The zero-order valence-electron chi connectivity index (χ0n) is 18.3. The minimum Gasteiger partial charge on any atom is -0.493 e. The molecule has 1 heterocycles. The average molecular weight is 431 g/mol. The van der Waals surface area contributed by atoms with Gasteiger partial charge < -0.3 is 24.3 Å². The second-order valence-corrected chi connectivity index (χ2v) is 6.47. The van der Waals surface area contributed by atoms with E-state index in [-0.39, 0.29) is 0 Å². The number of ether oxygens (including phenoxy) is 4. The second kappa shape index (κ2) is 10.7. The summed E-state index contributed by atoms with van der Waals surface area (Å²) in [5, 5.41) is 3.18. The van der Waals surface area contributed by atoms with E-state index in [0.29, 0.717) is 40.4 Å². The van der Waals surface area contributed by atoms with E-state index in [1.165, 1.54) is 0 Å². The molecule has 7 nitrogen and oxygen atoms in total. The third kappa shape index (κ3) is 5.26. The molecule has 0 amide bonds. The summed E-state index contributed by atoms with van der Waals surface area (Å²) in [6, 6.07) is 11.2. The van der Waals surface area contributed by atoms with Crippen molar-refractivity contribution in [3.05, 3.63) is 85.7 Å². The number of hydrogen-bond acceptors (Lipinski definition) is 7. The smallest absolute Gasteiger partial charge is 0.239 e. The van der Waals surface area contributed by atoms with Gasteiger partial charge in [-0.05, 0) is 23.3 Å². The SMILES string of the molecule is C=C/C=C(\C=C)c1ccc(Oc2cncc(Nc3cc(OC)c(OC)c(OC)c3)n2)cc1. The van der Waals surface area contributed by atoms with Gasteiger partial charge in [0.15, 0.2) is 17.3 Å². The first kappa shape index (κ1) is 22.4. The topological polar surface area (TPSA) is 74.7 Å². The van der Waals surface area contributed by atoms with Gasteiger partial charge in [-0.25, -0.2) is 0 Å². The molecule has 2 aromatic carbocycles. The van der Waals surface area contributed by atoms with Crippen LogP contribution in [0.3, 0.4) is 0 Å². The number of anilines is 2. The third-order valence-electron chi connectivity index (χ3n) is 4.48. The van der Waals surface area contributed by atoms with E-state index < -0.39 is 0 Å². The third-order valence-corrected chi connectivity index (χ3v) is 4.48. The zero-order chi connectivity index (χ0) is 22.9. The maximum absolute atomic E-state index is 5.86. The molecule has 0 saturated carbocycles. The Hall–Kier alpha value is -4.26. The number of nitrogens with one attached hydrogen (secondary N) is 1. The summed E-state index contributed by atoms with van der Waals surface area (Å²) in [6.07, 6.45) is 8.54. The number of rotatable bonds is 10. The molecule has 0 atom stereocenters. The number of aromatic nitrogens is 2. The van der Waals surface area contributed by atoms with Crippen molar-refractivity contribution in [1.82, 2.24) is 9.97 Å². The van der Waals surface area contributed by atoms with E-state index in [9.17, 15) is 0 Å². The summed E-state index contributed by atoms with van der Waals surface area (Å²) in [7, 11) is 4.68. The quantitative estimate of drug-likeness (QED) is 0.407. The highest BCUT2D eigenvalue weighted by Gasteiger charge is 2.14. The molecule has 1 aromatic heterocycles. The van der Waals surface area contributed by atoms with Crippen LogP contribution in [0, 0.1) is 0 Å². The molecule has 1 N–H and O–H groups in total. The predicted octanol–water partition coefficient (Wildman–Crippen LogP) is 5.79. The lowest BCUT2D eigenvalue weighted by Gasteiger charge is -2.15. The highest BCUT2D eigenvalue weighted by Crippen LogP contribution is 2.40. The van der Waals surface area contributed by atoms with E-state index in [1.54, 1.807) is 58.0 Å². The molecule has 0 aliphatic carbocycles. The Morgan fingerprint density at radius 2 is 1.62 bits per heavy atom. The van der Waals surface area contributed by atoms with E-state index in [4.69, 9.17) is 18.9 Å². The van der Waals surface area contributed by atoms with Crippen molar-refractivity contribution >= 4 is 17.1 Å².